The van der Waals surface area contributed by atoms with E-state index in [-0.39, 0.29) is 5.41 Å². The molecule has 60 valence electrons. The lowest BCUT2D eigenvalue weighted by Crippen LogP contribution is -2.34. The number of rotatable bonds is 0. The fraction of sp³-hybridized carbons (Fsp3) is 0.750. The van der Waals surface area contributed by atoms with Gasteiger partial charge in [-0.1, -0.05) is 12.2 Å². The maximum Gasteiger partial charge on any atom is 0.0858 e. The highest BCUT2D eigenvalue weighted by atomic mass is 16.7. The zero-order valence-corrected chi connectivity index (χ0v) is 6.25. The molecule has 11 heavy (non-hydrogen) atoms. The first kappa shape index (κ1) is 6.17. The van der Waals surface area contributed by atoms with Crippen LogP contribution in [0.1, 0.15) is 6.42 Å². The summed E-state index contributed by atoms with van der Waals surface area (Å²) < 4.78 is 5.68. The van der Waals surface area contributed by atoms with Crippen molar-refractivity contribution in [3.8, 4) is 0 Å². The SMILES string of the molecule is C1=CC2OC1CC21CNOC1. The lowest BCUT2D eigenvalue weighted by molar-refractivity contribution is 0.0565. The number of hydrogen-bond acceptors (Lipinski definition) is 3. The third kappa shape index (κ3) is 0.682. The van der Waals surface area contributed by atoms with E-state index in [1.807, 2.05) is 0 Å². The molecule has 3 atom stereocenters. The summed E-state index contributed by atoms with van der Waals surface area (Å²) in [5.41, 5.74) is 3.19. The van der Waals surface area contributed by atoms with Crippen LogP contribution in [0.25, 0.3) is 0 Å². The number of hydrogen-bond donors (Lipinski definition) is 1. The fourth-order valence-electron chi connectivity index (χ4n) is 2.24. The standard InChI is InChI=1S/C8H11NO2/c1-2-7-8(3-6(1)11-7)4-9-10-5-8/h1-2,6-7,9H,3-5H2. The minimum atomic E-state index is 0.263. The minimum absolute atomic E-state index is 0.263. The normalized spacial score (nSPS) is 53.1. The molecule has 3 aliphatic heterocycles. The predicted octanol–water partition coefficient (Wildman–Crippen LogP) is 0.235. The van der Waals surface area contributed by atoms with Crippen molar-refractivity contribution in [3.63, 3.8) is 0 Å². The highest BCUT2D eigenvalue weighted by Gasteiger charge is 2.52. The molecule has 2 fully saturated rings. The quantitative estimate of drug-likeness (QED) is 0.505. The van der Waals surface area contributed by atoms with Gasteiger partial charge < -0.3 is 9.57 Å². The van der Waals surface area contributed by atoms with Crippen LogP contribution >= 0.6 is 0 Å². The molecule has 0 aromatic rings. The number of fused-ring (bicyclic) bond motifs is 3. The molecule has 1 spiro atoms. The van der Waals surface area contributed by atoms with Crippen LogP contribution in [-0.2, 0) is 9.57 Å². The predicted molar refractivity (Wildman–Crippen MR) is 38.8 cm³/mol. The van der Waals surface area contributed by atoms with E-state index < -0.39 is 0 Å². The summed E-state index contributed by atoms with van der Waals surface area (Å²) in [6.45, 7) is 1.75. The molecule has 3 nitrogen and oxygen atoms in total. The Kier molecular flexibility index (Phi) is 1.04. The maximum absolute atomic E-state index is 5.68. The Morgan fingerprint density at radius 1 is 1.45 bits per heavy atom. The molecular formula is C8H11NO2. The van der Waals surface area contributed by atoms with E-state index in [1.54, 1.807) is 0 Å². The van der Waals surface area contributed by atoms with E-state index in [1.165, 1.54) is 0 Å². The monoisotopic (exact) mass is 153 g/mol. The minimum Gasteiger partial charge on any atom is -0.366 e. The Balaban J connectivity index is 1.94. The molecule has 3 heteroatoms. The third-order valence-electron chi connectivity index (χ3n) is 2.92. The van der Waals surface area contributed by atoms with Crippen LogP contribution in [0.4, 0.5) is 0 Å². The van der Waals surface area contributed by atoms with Crippen LogP contribution in [0.5, 0.6) is 0 Å². The molecule has 0 aromatic carbocycles. The highest BCUT2D eigenvalue weighted by molar-refractivity contribution is 5.17. The van der Waals surface area contributed by atoms with Crippen molar-refractivity contribution in [2.75, 3.05) is 13.2 Å². The van der Waals surface area contributed by atoms with Crippen LogP contribution < -0.4 is 5.48 Å². The Morgan fingerprint density at radius 2 is 2.45 bits per heavy atom. The molecule has 0 aromatic heterocycles. The summed E-state index contributed by atoms with van der Waals surface area (Å²) in [5.74, 6) is 0. The van der Waals surface area contributed by atoms with E-state index >= 15 is 0 Å². The van der Waals surface area contributed by atoms with E-state index in [0.717, 1.165) is 19.6 Å². The van der Waals surface area contributed by atoms with E-state index in [4.69, 9.17) is 9.57 Å². The molecule has 2 bridgehead atoms. The molecule has 0 amide bonds. The zero-order valence-electron chi connectivity index (χ0n) is 6.25. The Bertz CT molecular complexity index is 208. The van der Waals surface area contributed by atoms with Gasteiger partial charge >= 0.3 is 0 Å². The first-order valence-electron chi connectivity index (χ1n) is 4.08. The Morgan fingerprint density at radius 3 is 3.00 bits per heavy atom. The number of nitrogens with one attached hydrogen (secondary N) is 1. The lowest BCUT2D eigenvalue weighted by atomic mass is 9.78. The first-order valence-corrected chi connectivity index (χ1v) is 4.08. The van der Waals surface area contributed by atoms with Gasteiger partial charge in [0.2, 0.25) is 0 Å². The van der Waals surface area contributed by atoms with Gasteiger partial charge in [-0.2, -0.15) is 0 Å². The second kappa shape index (κ2) is 1.86. The smallest absolute Gasteiger partial charge is 0.0858 e. The van der Waals surface area contributed by atoms with Gasteiger partial charge in [0.05, 0.1) is 18.8 Å². The molecule has 3 unspecified atom stereocenters. The van der Waals surface area contributed by atoms with E-state index in [0.29, 0.717) is 12.2 Å². The topological polar surface area (TPSA) is 30.5 Å². The van der Waals surface area contributed by atoms with Gasteiger partial charge in [-0.15, -0.1) is 0 Å². The van der Waals surface area contributed by atoms with Crippen molar-refractivity contribution in [1.29, 1.82) is 0 Å². The van der Waals surface area contributed by atoms with E-state index in [9.17, 15) is 0 Å². The Labute approximate surface area is 65.3 Å². The summed E-state index contributed by atoms with van der Waals surface area (Å²) in [7, 11) is 0. The summed E-state index contributed by atoms with van der Waals surface area (Å²) >= 11 is 0. The van der Waals surface area contributed by atoms with Gasteiger partial charge in [0.25, 0.3) is 0 Å². The first-order chi connectivity index (χ1) is 5.39. The molecule has 1 N–H and O–H groups in total. The Hall–Kier alpha value is -0.380. The zero-order chi connectivity index (χ0) is 7.31. The molecular weight excluding hydrogens is 142 g/mol. The van der Waals surface area contributed by atoms with Crippen molar-refractivity contribution in [2.45, 2.75) is 18.6 Å². The summed E-state index contributed by atoms with van der Waals surface area (Å²) in [5, 5.41) is 0. The van der Waals surface area contributed by atoms with Gasteiger partial charge in [-0.25, -0.2) is 5.48 Å². The second-order valence-corrected chi connectivity index (χ2v) is 3.66. The van der Waals surface area contributed by atoms with Gasteiger partial charge in [0.1, 0.15) is 0 Å². The number of hydroxylamine groups is 1. The summed E-state index contributed by atoms with van der Waals surface area (Å²) in [6.07, 6.45) is 6.13. The average Bonchev–Trinajstić information content (AvgIpc) is 2.64. The van der Waals surface area contributed by atoms with Gasteiger partial charge in [0.15, 0.2) is 0 Å². The maximum atomic E-state index is 5.68. The third-order valence-corrected chi connectivity index (χ3v) is 2.92. The fourth-order valence-corrected chi connectivity index (χ4v) is 2.24. The van der Waals surface area contributed by atoms with Crippen molar-refractivity contribution in [1.82, 2.24) is 5.48 Å². The molecule has 3 rings (SSSR count). The molecule has 0 radical (unpaired) electrons. The largest absolute Gasteiger partial charge is 0.366 e. The molecule has 0 saturated carbocycles. The van der Waals surface area contributed by atoms with Crippen LogP contribution in [-0.4, -0.2) is 25.4 Å². The molecule has 3 aliphatic rings. The summed E-state index contributed by atoms with van der Waals surface area (Å²) in [4.78, 5) is 5.17. The van der Waals surface area contributed by atoms with Crippen molar-refractivity contribution < 1.29 is 9.57 Å². The van der Waals surface area contributed by atoms with Gasteiger partial charge in [-0.05, 0) is 6.42 Å². The second-order valence-electron chi connectivity index (χ2n) is 3.66. The number of ether oxygens (including phenoxy) is 1. The molecule has 2 saturated heterocycles. The van der Waals surface area contributed by atoms with Crippen molar-refractivity contribution in [2.24, 2.45) is 5.41 Å². The summed E-state index contributed by atoms with van der Waals surface area (Å²) in [6, 6.07) is 0. The van der Waals surface area contributed by atoms with E-state index in [2.05, 4.69) is 17.6 Å². The van der Waals surface area contributed by atoms with Gasteiger partial charge in [0, 0.05) is 12.0 Å². The van der Waals surface area contributed by atoms with Crippen LogP contribution in [0.2, 0.25) is 0 Å². The van der Waals surface area contributed by atoms with Gasteiger partial charge in [-0.3, -0.25) is 0 Å². The average molecular weight is 153 g/mol. The van der Waals surface area contributed by atoms with Crippen molar-refractivity contribution >= 4 is 0 Å². The van der Waals surface area contributed by atoms with Crippen molar-refractivity contribution in [3.05, 3.63) is 12.2 Å². The molecule has 3 heterocycles. The molecule has 0 aliphatic carbocycles. The van der Waals surface area contributed by atoms with Crippen LogP contribution in [0.3, 0.4) is 0 Å². The van der Waals surface area contributed by atoms with Crippen LogP contribution in [0.15, 0.2) is 12.2 Å². The highest BCUT2D eigenvalue weighted by Crippen LogP contribution is 2.45. The van der Waals surface area contributed by atoms with Crippen LogP contribution in [0, 0.1) is 5.41 Å². The lowest BCUT2D eigenvalue weighted by Gasteiger charge is -2.24.